The largest absolute Gasteiger partial charge is 0.368 e. The lowest BCUT2D eigenvalue weighted by Crippen LogP contribution is -2.32. The summed E-state index contributed by atoms with van der Waals surface area (Å²) in [7, 11) is -3.69. The first kappa shape index (κ1) is 15.2. The molecule has 2 N–H and O–H groups in total. The number of nitrogen functional groups attached to an aromatic ring is 1. The summed E-state index contributed by atoms with van der Waals surface area (Å²) in [5, 5.41) is 0. The van der Waals surface area contributed by atoms with E-state index in [1.54, 1.807) is 12.1 Å². The SMILES string of the molecule is CCCCN(c1ccccc1)S(=O)(=O)c1cnc(N)nc1. The quantitative estimate of drug-likeness (QED) is 0.882. The van der Waals surface area contributed by atoms with Crippen LogP contribution < -0.4 is 10.0 Å². The molecule has 112 valence electrons. The first-order valence-corrected chi connectivity index (χ1v) is 8.15. The molecule has 0 aliphatic carbocycles. The molecule has 0 unspecified atom stereocenters. The average molecular weight is 306 g/mol. The van der Waals surface area contributed by atoms with Crippen LogP contribution in [-0.2, 0) is 10.0 Å². The molecular formula is C14H18N4O2S. The first-order chi connectivity index (χ1) is 10.1. The van der Waals surface area contributed by atoms with Crippen LogP contribution in [0.1, 0.15) is 19.8 Å². The number of anilines is 2. The minimum absolute atomic E-state index is 0.0386. The fraction of sp³-hybridized carbons (Fsp3) is 0.286. The van der Waals surface area contributed by atoms with Gasteiger partial charge in [-0.2, -0.15) is 0 Å². The molecule has 0 aliphatic rings. The zero-order valence-electron chi connectivity index (χ0n) is 11.8. The van der Waals surface area contributed by atoms with Gasteiger partial charge in [-0.25, -0.2) is 18.4 Å². The van der Waals surface area contributed by atoms with Gasteiger partial charge in [0.25, 0.3) is 10.0 Å². The van der Waals surface area contributed by atoms with Crippen LogP contribution >= 0.6 is 0 Å². The van der Waals surface area contributed by atoms with Gasteiger partial charge in [0.05, 0.1) is 18.1 Å². The Balaban J connectivity index is 2.42. The molecule has 6 nitrogen and oxygen atoms in total. The molecule has 1 aromatic carbocycles. The highest BCUT2D eigenvalue weighted by Gasteiger charge is 2.25. The molecule has 2 aromatic rings. The molecule has 0 fully saturated rings. The van der Waals surface area contributed by atoms with Crippen LogP contribution in [0, 0.1) is 0 Å². The van der Waals surface area contributed by atoms with Crippen molar-refractivity contribution in [2.75, 3.05) is 16.6 Å². The molecule has 1 heterocycles. The lowest BCUT2D eigenvalue weighted by atomic mass is 10.3. The molecule has 0 atom stereocenters. The molecule has 0 radical (unpaired) electrons. The third kappa shape index (κ3) is 3.49. The Bertz CT molecular complexity index is 672. The number of nitrogens with zero attached hydrogens (tertiary/aromatic N) is 3. The van der Waals surface area contributed by atoms with E-state index in [1.165, 1.54) is 16.7 Å². The van der Waals surface area contributed by atoms with Crippen molar-refractivity contribution in [3.63, 3.8) is 0 Å². The van der Waals surface area contributed by atoms with E-state index in [4.69, 9.17) is 5.73 Å². The van der Waals surface area contributed by atoms with E-state index in [0.717, 1.165) is 12.8 Å². The number of rotatable bonds is 6. The Morgan fingerprint density at radius 2 is 1.76 bits per heavy atom. The summed E-state index contributed by atoms with van der Waals surface area (Å²) < 4.78 is 26.9. The molecule has 1 aromatic heterocycles. The van der Waals surface area contributed by atoms with Crippen molar-refractivity contribution >= 4 is 21.7 Å². The number of benzene rings is 1. The van der Waals surface area contributed by atoms with Gasteiger partial charge in [-0.05, 0) is 18.6 Å². The van der Waals surface area contributed by atoms with E-state index in [1.807, 2.05) is 25.1 Å². The van der Waals surface area contributed by atoms with Crippen molar-refractivity contribution in [1.82, 2.24) is 9.97 Å². The van der Waals surface area contributed by atoms with Crippen molar-refractivity contribution < 1.29 is 8.42 Å². The standard InChI is InChI=1S/C14H18N4O2S/c1-2-3-9-18(12-7-5-4-6-8-12)21(19,20)13-10-16-14(15)17-11-13/h4-8,10-11H,2-3,9H2,1H3,(H2,15,16,17). The maximum atomic E-state index is 12.8. The van der Waals surface area contributed by atoms with E-state index < -0.39 is 10.0 Å². The van der Waals surface area contributed by atoms with Gasteiger partial charge in [0, 0.05) is 6.54 Å². The Labute approximate surface area is 124 Å². The van der Waals surface area contributed by atoms with Crippen LogP contribution in [-0.4, -0.2) is 24.9 Å². The second-order valence-electron chi connectivity index (χ2n) is 4.54. The van der Waals surface area contributed by atoms with Crippen LogP contribution in [0.15, 0.2) is 47.6 Å². The van der Waals surface area contributed by atoms with E-state index in [0.29, 0.717) is 12.2 Å². The first-order valence-electron chi connectivity index (χ1n) is 6.71. The third-order valence-corrected chi connectivity index (χ3v) is 4.78. The van der Waals surface area contributed by atoms with Gasteiger partial charge in [0.1, 0.15) is 4.90 Å². The lowest BCUT2D eigenvalue weighted by Gasteiger charge is -2.24. The summed E-state index contributed by atoms with van der Waals surface area (Å²) in [4.78, 5) is 7.56. The average Bonchev–Trinajstić information content (AvgIpc) is 2.49. The summed E-state index contributed by atoms with van der Waals surface area (Å²) in [6.45, 7) is 2.43. The van der Waals surface area contributed by atoms with Gasteiger partial charge in [-0.3, -0.25) is 4.31 Å². The molecule has 21 heavy (non-hydrogen) atoms. The molecule has 0 saturated heterocycles. The van der Waals surface area contributed by atoms with E-state index in [2.05, 4.69) is 9.97 Å². The number of para-hydroxylation sites is 1. The highest BCUT2D eigenvalue weighted by molar-refractivity contribution is 7.92. The fourth-order valence-corrected chi connectivity index (χ4v) is 3.27. The predicted molar refractivity (Wildman–Crippen MR) is 82.3 cm³/mol. The van der Waals surface area contributed by atoms with Crippen LogP contribution in [0.2, 0.25) is 0 Å². The number of aromatic nitrogens is 2. The van der Waals surface area contributed by atoms with Gasteiger partial charge in [-0.15, -0.1) is 0 Å². The molecule has 0 amide bonds. The predicted octanol–water partition coefficient (Wildman–Crippen LogP) is 2.05. The molecule has 0 spiro atoms. The molecule has 0 aliphatic heterocycles. The second kappa shape index (κ2) is 6.53. The summed E-state index contributed by atoms with van der Waals surface area (Å²) in [6.07, 6.45) is 4.14. The van der Waals surface area contributed by atoms with Crippen molar-refractivity contribution in [1.29, 1.82) is 0 Å². The Morgan fingerprint density at radius 1 is 1.14 bits per heavy atom. The highest BCUT2D eigenvalue weighted by Crippen LogP contribution is 2.23. The monoisotopic (exact) mass is 306 g/mol. The van der Waals surface area contributed by atoms with Crippen LogP contribution in [0.3, 0.4) is 0 Å². The number of hydrogen-bond acceptors (Lipinski definition) is 5. The normalized spacial score (nSPS) is 11.3. The number of nitrogens with two attached hydrogens (primary N) is 1. The van der Waals surface area contributed by atoms with Crippen molar-refractivity contribution in [3.05, 3.63) is 42.7 Å². The Morgan fingerprint density at radius 3 is 2.33 bits per heavy atom. The number of unbranched alkanes of at least 4 members (excludes halogenated alkanes) is 1. The zero-order chi connectivity index (χ0) is 15.3. The van der Waals surface area contributed by atoms with E-state index in [9.17, 15) is 8.42 Å². The maximum Gasteiger partial charge on any atom is 0.267 e. The highest BCUT2D eigenvalue weighted by atomic mass is 32.2. The Kier molecular flexibility index (Phi) is 4.74. The summed E-state index contributed by atoms with van der Waals surface area (Å²) in [5.74, 6) is 0.0498. The van der Waals surface area contributed by atoms with E-state index >= 15 is 0 Å². The minimum atomic E-state index is -3.69. The Hall–Kier alpha value is -2.15. The van der Waals surface area contributed by atoms with Crippen molar-refractivity contribution in [2.45, 2.75) is 24.7 Å². The third-order valence-electron chi connectivity index (χ3n) is 3.00. The fourth-order valence-electron chi connectivity index (χ4n) is 1.87. The summed E-state index contributed by atoms with van der Waals surface area (Å²) >= 11 is 0. The van der Waals surface area contributed by atoms with Gasteiger partial charge in [0.2, 0.25) is 5.95 Å². The number of sulfonamides is 1. The van der Waals surface area contributed by atoms with Gasteiger partial charge < -0.3 is 5.73 Å². The van der Waals surface area contributed by atoms with Crippen molar-refractivity contribution in [2.24, 2.45) is 0 Å². The lowest BCUT2D eigenvalue weighted by molar-refractivity contribution is 0.588. The summed E-state index contributed by atoms with van der Waals surface area (Å²) in [6, 6.07) is 9.00. The number of hydrogen-bond donors (Lipinski definition) is 1. The van der Waals surface area contributed by atoms with Gasteiger partial charge in [0.15, 0.2) is 0 Å². The van der Waals surface area contributed by atoms with Gasteiger partial charge in [-0.1, -0.05) is 31.5 Å². The smallest absolute Gasteiger partial charge is 0.267 e. The molecule has 7 heteroatoms. The second-order valence-corrected chi connectivity index (χ2v) is 6.41. The van der Waals surface area contributed by atoms with Crippen molar-refractivity contribution in [3.8, 4) is 0 Å². The van der Waals surface area contributed by atoms with E-state index in [-0.39, 0.29) is 10.8 Å². The van der Waals surface area contributed by atoms with Crippen LogP contribution in [0.4, 0.5) is 11.6 Å². The molecular weight excluding hydrogens is 288 g/mol. The molecule has 0 saturated carbocycles. The summed E-state index contributed by atoms with van der Waals surface area (Å²) in [5.41, 5.74) is 6.03. The minimum Gasteiger partial charge on any atom is -0.368 e. The van der Waals surface area contributed by atoms with Gasteiger partial charge >= 0.3 is 0 Å². The van der Waals surface area contributed by atoms with Crippen LogP contribution in [0.25, 0.3) is 0 Å². The topological polar surface area (TPSA) is 89.2 Å². The molecule has 0 bridgehead atoms. The zero-order valence-corrected chi connectivity index (χ0v) is 12.6. The van der Waals surface area contributed by atoms with Crippen LogP contribution in [0.5, 0.6) is 0 Å². The maximum absolute atomic E-state index is 12.8. The molecule has 2 rings (SSSR count).